The maximum atomic E-state index is 9.32. The Kier molecular flexibility index (Phi) is 3.75. The number of benzene rings is 2. The third kappa shape index (κ3) is 2.56. The normalized spacial score (nSPS) is 13.4. The summed E-state index contributed by atoms with van der Waals surface area (Å²) in [5, 5.41) is 18.7. The smallest absolute Gasteiger partial charge is 0.232 e. The molecular weight excluding hydrogens is 324 g/mol. The highest BCUT2D eigenvalue weighted by atomic mass is 35.5. The molecule has 3 aromatic rings. The zero-order valence-corrected chi connectivity index (χ0v) is 14.0. The summed E-state index contributed by atoms with van der Waals surface area (Å²) in [6.45, 7) is 3.55. The van der Waals surface area contributed by atoms with Crippen LogP contribution in [0.15, 0.2) is 42.5 Å². The summed E-state index contributed by atoms with van der Waals surface area (Å²) >= 11 is 6.00. The van der Waals surface area contributed by atoms with Crippen LogP contribution in [-0.2, 0) is 19.7 Å². The van der Waals surface area contributed by atoms with Crippen molar-refractivity contribution in [2.45, 2.75) is 26.6 Å². The molecule has 122 valence electrons. The second-order valence-electron chi connectivity index (χ2n) is 5.98. The third-order valence-corrected chi connectivity index (χ3v) is 4.60. The van der Waals surface area contributed by atoms with Crippen molar-refractivity contribution in [3.63, 3.8) is 0 Å². The number of rotatable bonds is 3. The average molecular weight is 341 g/mol. The van der Waals surface area contributed by atoms with Crippen LogP contribution in [0.4, 0.5) is 5.95 Å². The van der Waals surface area contributed by atoms with Gasteiger partial charge in [0.05, 0.1) is 12.3 Å². The van der Waals surface area contributed by atoms with E-state index < -0.39 is 0 Å². The van der Waals surface area contributed by atoms with Crippen molar-refractivity contribution in [3.8, 4) is 5.69 Å². The molecule has 0 aliphatic carbocycles. The van der Waals surface area contributed by atoms with E-state index in [4.69, 9.17) is 11.6 Å². The number of anilines is 1. The number of hydrogen-bond donors (Lipinski definition) is 1. The van der Waals surface area contributed by atoms with Crippen LogP contribution in [-0.4, -0.2) is 19.9 Å². The van der Waals surface area contributed by atoms with Crippen molar-refractivity contribution in [1.29, 1.82) is 0 Å². The minimum absolute atomic E-state index is 0.0628. The summed E-state index contributed by atoms with van der Waals surface area (Å²) in [6.07, 6.45) is 0. The van der Waals surface area contributed by atoms with Gasteiger partial charge in [-0.1, -0.05) is 29.8 Å². The van der Waals surface area contributed by atoms with E-state index in [1.165, 1.54) is 11.1 Å². The van der Waals surface area contributed by atoms with Crippen LogP contribution in [0.5, 0.6) is 0 Å². The molecule has 1 N–H and O–H groups in total. The fourth-order valence-corrected chi connectivity index (χ4v) is 3.26. The third-order valence-electron chi connectivity index (χ3n) is 4.35. The van der Waals surface area contributed by atoms with Gasteiger partial charge in [-0.25, -0.2) is 0 Å². The molecule has 1 aliphatic heterocycles. The van der Waals surface area contributed by atoms with E-state index >= 15 is 0 Å². The van der Waals surface area contributed by atoms with E-state index in [1.54, 1.807) is 0 Å². The molecule has 0 bridgehead atoms. The van der Waals surface area contributed by atoms with Gasteiger partial charge in [0.15, 0.2) is 0 Å². The molecule has 0 atom stereocenters. The van der Waals surface area contributed by atoms with Crippen molar-refractivity contribution < 1.29 is 5.11 Å². The minimum Gasteiger partial charge on any atom is -0.392 e. The zero-order valence-electron chi connectivity index (χ0n) is 13.3. The Labute approximate surface area is 145 Å². The van der Waals surface area contributed by atoms with Crippen LogP contribution in [0.3, 0.4) is 0 Å². The first-order valence-electron chi connectivity index (χ1n) is 7.80. The fourth-order valence-electron chi connectivity index (χ4n) is 3.14. The van der Waals surface area contributed by atoms with E-state index in [9.17, 15) is 5.11 Å². The van der Waals surface area contributed by atoms with Gasteiger partial charge in [0.1, 0.15) is 5.82 Å². The first kappa shape index (κ1) is 15.2. The molecule has 4 rings (SSSR count). The lowest BCUT2D eigenvalue weighted by Gasteiger charge is -2.18. The van der Waals surface area contributed by atoms with Gasteiger partial charge in [-0.05, 0) is 47.9 Å². The molecule has 0 fully saturated rings. The van der Waals surface area contributed by atoms with Gasteiger partial charge in [-0.15, -0.1) is 10.2 Å². The first-order chi connectivity index (χ1) is 11.7. The Morgan fingerprint density at radius 2 is 1.79 bits per heavy atom. The number of halogens is 1. The monoisotopic (exact) mass is 340 g/mol. The van der Waals surface area contributed by atoms with Gasteiger partial charge in [-0.3, -0.25) is 4.57 Å². The Bertz CT molecular complexity index is 889. The molecule has 0 spiro atoms. The second-order valence-corrected chi connectivity index (χ2v) is 6.41. The topological polar surface area (TPSA) is 54.2 Å². The van der Waals surface area contributed by atoms with Gasteiger partial charge < -0.3 is 10.0 Å². The van der Waals surface area contributed by atoms with E-state index in [-0.39, 0.29) is 6.61 Å². The Balaban J connectivity index is 1.70. The maximum Gasteiger partial charge on any atom is 0.232 e. The molecule has 2 aromatic carbocycles. The highest BCUT2D eigenvalue weighted by Gasteiger charge is 2.24. The van der Waals surface area contributed by atoms with Gasteiger partial charge in [0, 0.05) is 18.1 Å². The van der Waals surface area contributed by atoms with Crippen molar-refractivity contribution >= 4 is 17.5 Å². The van der Waals surface area contributed by atoms with E-state index in [2.05, 4.69) is 27.2 Å². The SMILES string of the molecule is Cc1nnc(N2Cc3ccc(CO)cc3C2)n1-c1ccc(Cl)cc1. The number of aliphatic hydroxyl groups is 1. The van der Waals surface area contributed by atoms with Crippen LogP contribution in [0, 0.1) is 6.92 Å². The number of hydrogen-bond acceptors (Lipinski definition) is 4. The van der Waals surface area contributed by atoms with Gasteiger partial charge in [0.25, 0.3) is 0 Å². The van der Waals surface area contributed by atoms with Crippen molar-refractivity contribution in [2.75, 3.05) is 4.90 Å². The molecule has 0 saturated carbocycles. The molecule has 0 radical (unpaired) electrons. The molecule has 0 amide bonds. The minimum atomic E-state index is 0.0628. The lowest BCUT2D eigenvalue weighted by Crippen LogP contribution is -2.19. The summed E-state index contributed by atoms with van der Waals surface area (Å²) in [7, 11) is 0. The number of aromatic nitrogens is 3. The molecule has 6 heteroatoms. The summed E-state index contributed by atoms with van der Waals surface area (Å²) < 4.78 is 2.04. The summed E-state index contributed by atoms with van der Waals surface area (Å²) in [4.78, 5) is 2.19. The number of aliphatic hydroxyl groups excluding tert-OH is 1. The Morgan fingerprint density at radius 3 is 2.54 bits per heavy atom. The van der Waals surface area contributed by atoms with E-state index in [0.29, 0.717) is 5.02 Å². The molecule has 5 nitrogen and oxygen atoms in total. The summed E-state index contributed by atoms with van der Waals surface area (Å²) in [5.41, 5.74) is 4.41. The molecule has 0 saturated heterocycles. The van der Waals surface area contributed by atoms with Crippen molar-refractivity contribution in [2.24, 2.45) is 0 Å². The van der Waals surface area contributed by atoms with Crippen LogP contribution in [0.1, 0.15) is 22.5 Å². The zero-order chi connectivity index (χ0) is 16.7. The quantitative estimate of drug-likeness (QED) is 0.795. The fraction of sp³-hybridized carbons (Fsp3) is 0.222. The first-order valence-corrected chi connectivity index (χ1v) is 8.18. The second kappa shape index (κ2) is 5.92. The Morgan fingerprint density at radius 1 is 1.04 bits per heavy atom. The lowest BCUT2D eigenvalue weighted by molar-refractivity contribution is 0.281. The molecule has 0 unspecified atom stereocenters. The highest BCUT2D eigenvalue weighted by Crippen LogP contribution is 2.30. The number of fused-ring (bicyclic) bond motifs is 1. The molecule has 24 heavy (non-hydrogen) atoms. The van der Waals surface area contributed by atoms with Crippen LogP contribution in [0.2, 0.25) is 5.02 Å². The van der Waals surface area contributed by atoms with Crippen molar-refractivity contribution in [1.82, 2.24) is 14.8 Å². The van der Waals surface area contributed by atoms with Crippen molar-refractivity contribution in [3.05, 3.63) is 70.0 Å². The maximum absolute atomic E-state index is 9.32. The summed E-state index contributed by atoms with van der Waals surface area (Å²) in [5.74, 6) is 1.65. The van der Waals surface area contributed by atoms with Gasteiger partial charge >= 0.3 is 0 Å². The summed E-state index contributed by atoms with van der Waals surface area (Å²) in [6, 6.07) is 13.8. The Hall–Kier alpha value is -2.37. The number of nitrogens with zero attached hydrogens (tertiary/aromatic N) is 4. The van der Waals surface area contributed by atoms with E-state index in [0.717, 1.165) is 36.1 Å². The van der Waals surface area contributed by atoms with Gasteiger partial charge in [-0.2, -0.15) is 0 Å². The van der Waals surface area contributed by atoms with Crippen LogP contribution in [0.25, 0.3) is 5.69 Å². The van der Waals surface area contributed by atoms with Crippen LogP contribution < -0.4 is 4.90 Å². The molecule has 1 aliphatic rings. The molecule has 1 aromatic heterocycles. The lowest BCUT2D eigenvalue weighted by atomic mass is 10.1. The predicted molar refractivity (Wildman–Crippen MR) is 93.4 cm³/mol. The average Bonchev–Trinajstić information content (AvgIpc) is 3.18. The standard InChI is InChI=1S/C18H17ClN4O/c1-12-20-21-18(23(12)17-6-4-16(19)5-7-17)22-9-14-3-2-13(11-24)8-15(14)10-22/h2-8,24H,9-11H2,1H3. The van der Waals surface area contributed by atoms with Gasteiger partial charge in [0.2, 0.25) is 5.95 Å². The number of aryl methyl sites for hydroxylation is 1. The largest absolute Gasteiger partial charge is 0.392 e. The molecular formula is C18H17ClN4O. The van der Waals surface area contributed by atoms with Crippen LogP contribution >= 0.6 is 11.6 Å². The molecule has 2 heterocycles. The predicted octanol–water partition coefficient (Wildman–Crippen LogP) is 3.24. The van der Waals surface area contributed by atoms with E-state index in [1.807, 2.05) is 41.8 Å². The highest BCUT2D eigenvalue weighted by molar-refractivity contribution is 6.30.